The van der Waals surface area contributed by atoms with Gasteiger partial charge in [-0.15, -0.1) is 0 Å². The zero-order valence-corrected chi connectivity index (χ0v) is 32.7. The molecule has 0 radical (unpaired) electrons. The van der Waals surface area contributed by atoms with Gasteiger partial charge in [0.2, 0.25) is 0 Å². The lowest BCUT2D eigenvalue weighted by atomic mass is 9.66. The summed E-state index contributed by atoms with van der Waals surface area (Å²) in [6.45, 7) is 11.7. The molecule has 9 aromatic rings. The molecule has 3 aliphatic rings. The van der Waals surface area contributed by atoms with Crippen molar-refractivity contribution in [3.63, 3.8) is 0 Å². The van der Waals surface area contributed by atoms with Gasteiger partial charge in [0.25, 0.3) is 0 Å². The van der Waals surface area contributed by atoms with Crippen LogP contribution in [0.3, 0.4) is 0 Å². The van der Waals surface area contributed by atoms with Crippen LogP contribution >= 0.6 is 0 Å². The third-order valence-electron chi connectivity index (χ3n) is 13.3. The van der Waals surface area contributed by atoms with E-state index in [0.29, 0.717) is 11.4 Å². The Morgan fingerprint density at radius 2 is 1.12 bits per heavy atom. The van der Waals surface area contributed by atoms with Gasteiger partial charge in [0, 0.05) is 21.9 Å². The molecule has 272 valence electrons. The van der Waals surface area contributed by atoms with Crippen LogP contribution in [0.15, 0.2) is 156 Å². The lowest BCUT2D eigenvalue weighted by Gasteiger charge is -2.35. The van der Waals surface area contributed by atoms with E-state index in [0.717, 1.165) is 33.3 Å². The van der Waals surface area contributed by atoms with Crippen molar-refractivity contribution >= 4 is 22.1 Å². The van der Waals surface area contributed by atoms with Crippen LogP contribution in [0.5, 0.6) is 0 Å². The number of nitrogens with zero attached hydrogens (tertiary/aromatic N) is 2. The molecule has 0 amide bonds. The molecular weight excluding hydrogens is 693 g/mol. The quantitative estimate of drug-likeness (QED) is 0.178. The van der Waals surface area contributed by atoms with Crippen LogP contribution in [0.25, 0.3) is 78.1 Å². The van der Waals surface area contributed by atoms with Crippen LogP contribution in [-0.4, -0.2) is 9.97 Å². The summed E-state index contributed by atoms with van der Waals surface area (Å²) >= 11 is 0. The fourth-order valence-electron chi connectivity index (χ4n) is 10.3. The molecule has 7 aromatic carbocycles. The molecule has 0 saturated carbocycles. The molecule has 57 heavy (non-hydrogen) atoms. The maximum Gasteiger partial charge on any atom is 0.180 e. The molecule has 2 aromatic heterocycles. The van der Waals surface area contributed by atoms with Gasteiger partial charge in [-0.2, -0.15) is 0 Å². The Hall–Kier alpha value is -6.58. The van der Waals surface area contributed by atoms with Gasteiger partial charge in [-0.1, -0.05) is 168 Å². The summed E-state index contributed by atoms with van der Waals surface area (Å²) in [6, 6.07) is 56.2. The lowest BCUT2D eigenvalue weighted by Crippen LogP contribution is -2.28. The lowest BCUT2D eigenvalue weighted by molar-refractivity contribution is 0.588. The van der Waals surface area contributed by atoms with E-state index in [1.807, 2.05) is 24.3 Å². The molecule has 3 nitrogen and oxygen atoms in total. The van der Waals surface area contributed by atoms with Crippen LogP contribution in [-0.2, 0) is 16.2 Å². The molecule has 12 rings (SSSR count). The number of fused-ring (bicyclic) bond motifs is 11. The van der Waals surface area contributed by atoms with Crippen molar-refractivity contribution in [3.05, 3.63) is 191 Å². The van der Waals surface area contributed by atoms with Crippen LogP contribution < -0.4 is 0 Å². The second-order valence-corrected chi connectivity index (χ2v) is 17.8. The van der Waals surface area contributed by atoms with Crippen molar-refractivity contribution in [2.45, 2.75) is 50.9 Å². The summed E-state index contributed by atoms with van der Waals surface area (Å²) in [6.07, 6.45) is 0. The Labute approximate surface area is 332 Å². The zero-order chi connectivity index (χ0) is 38.4. The minimum Gasteiger partial charge on any atom is -0.452 e. The molecule has 1 unspecified atom stereocenters. The highest BCUT2D eigenvalue weighted by molar-refractivity contribution is 6.09. The van der Waals surface area contributed by atoms with Crippen molar-refractivity contribution in [2.75, 3.05) is 0 Å². The predicted octanol–water partition coefficient (Wildman–Crippen LogP) is 13.7. The fourth-order valence-corrected chi connectivity index (χ4v) is 10.3. The van der Waals surface area contributed by atoms with Gasteiger partial charge >= 0.3 is 0 Å². The number of benzene rings is 7. The van der Waals surface area contributed by atoms with Gasteiger partial charge in [0.15, 0.2) is 11.4 Å². The highest BCUT2D eigenvalue weighted by Crippen LogP contribution is 2.64. The van der Waals surface area contributed by atoms with E-state index < -0.39 is 5.41 Å². The number of aromatic nitrogens is 2. The molecule has 0 saturated heterocycles. The normalized spacial score (nSPS) is 16.7. The Morgan fingerprint density at radius 3 is 1.88 bits per heavy atom. The Bertz CT molecular complexity index is 3180. The van der Waals surface area contributed by atoms with E-state index in [1.165, 1.54) is 72.3 Å². The topological polar surface area (TPSA) is 38.9 Å². The van der Waals surface area contributed by atoms with E-state index in [4.69, 9.17) is 14.4 Å². The molecule has 1 atom stereocenters. The SMILES string of the molecule is CC(C)(C)c1ccc2c(c1)C13c4ccccc4-c4ccc(cc41)-c1cc4c(cc1C(C)(C)c1ccc-2c3c1)oc1c(-c2ccccc2)nc(-c2ccccc2)nc14. The molecule has 0 fully saturated rings. The van der Waals surface area contributed by atoms with Crippen LogP contribution in [0.1, 0.15) is 73.6 Å². The van der Waals surface area contributed by atoms with Gasteiger partial charge in [-0.25, -0.2) is 9.97 Å². The average molecular weight is 733 g/mol. The number of hydrogen-bond donors (Lipinski definition) is 0. The molecule has 0 aliphatic heterocycles. The van der Waals surface area contributed by atoms with E-state index >= 15 is 0 Å². The summed E-state index contributed by atoms with van der Waals surface area (Å²) in [5.41, 5.74) is 21.3. The minimum absolute atomic E-state index is 0.00831. The molecule has 4 bridgehead atoms. The van der Waals surface area contributed by atoms with Crippen molar-refractivity contribution in [3.8, 4) is 56.0 Å². The van der Waals surface area contributed by atoms with Crippen molar-refractivity contribution in [2.24, 2.45) is 0 Å². The molecule has 0 N–H and O–H groups in total. The fraction of sp³-hybridized carbons (Fsp3) is 0.148. The van der Waals surface area contributed by atoms with Gasteiger partial charge in [0.05, 0.1) is 5.41 Å². The Balaban J connectivity index is 1.20. The Morgan fingerprint density at radius 1 is 0.491 bits per heavy atom. The maximum absolute atomic E-state index is 6.92. The summed E-state index contributed by atoms with van der Waals surface area (Å²) in [4.78, 5) is 10.4. The molecule has 2 heterocycles. The van der Waals surface area contributed by atoms with Gasteiger partial charge in [-0.05, 0) is 95.9 Å². The standard InChI is InChI=1S/C54H40N2O/c1-52(2,3)34-21-24-38-39-25-22-35-28-46(39)54(45(38)27-34)42-19-13-12-18-36(42)37-23-20-33(26-44(37)54)40-29-41-47(30-43(40)53(35,4)5)57-50-48(31-14-8-6-9-15-31)55-51(56-49(41)50)32-16-10-7-11-17-32/h6-30H,1-5H3. The van der Waals surface area contributed by atoms with E-state index in [2.05, 4.69) is 162 Å². The molecule has 3 aliphatic carbocycles. The summed E-state index contributed by atoms with van der Waals surface area (Å²) in [5.74, 6) is 0.685. The Kier molecular flexibility index (Phi) is 6.33. The van der Waals surface area contributed by atoms with Crippen molar-refractivity contribution < 1.29 is 4.42 Å². The smallest absolute Gasteiger partial charge is 0.180 e. The first-order chi connectivity index (χ1) is 27.6. The van der Waals surface area contributed by atoms with Gasteiger partial charge in [0.1, 0.15) is 16.8 Å². The number of hydrogen-bond acceptors (Lipinski definition) is 3. The molecular formula is C54H40N2O. The third-order valence-corrected chi connectivity index (χ3v) is 13.3. The van der Waals surface area contributed by atoms with Crippen molar-refractivity contribution in [1.82, 2.24) is 9.97 Å². The first kappa shape index (κ1) is 32.6. The first-order valence-corrected chi connectivity index (χ1v) is 20.1. The first-order valence-electron chi connectivity index (χ1n) is 20.1. The molecule has 3 heteroatoms. The zero-order valence-electron chi connectivity index (χ0n) is 32.7. The highest BCUT2D eigenvalue weighted by atomic mass is 16.3. The predicted molar refractivity (Wildman–Crippen MR) is 233 cm³/mol. The highest BCUT2D eigenvalue weighted by Gasteiger charge is 2.53. The van der Waals surface area contributed by atoms with Crippen LogP contribution in [0.2, 0.25) is 0 Å². The summed E-state index contributed by atoms with van der Waals surface area (Å²) in [7, 11) is 0. The third kappa shape index (κ3) is 4.26. The molecule has 1 spiro atoms. The number of furan rings is 1. The minimum atomic E-state index is -0.438. The second kappa shape index (κ2) is 11.0. The average Bonchev–Trinajstić information content (AvgIpc) is 3.85. The number of rotatable bonds is 2. The van der Waals surface area contributed by atoms with E-state index in [-0.39, 0.29) is 10.8 Å². The van der Waals surface area contributed by atoms with E-state index in [9.17, 15) is 0 Å². The van der Waals surface area contributed by atoms with Gasteiger partial charge < -0.3 is 4.42 Å². The van der Waals surface area contributed by atoms with Crippen molar-refractivity contribution in [1.29, 1.82) is 0 Å². The largest absolute Gasteiger partial charge is 0.452 e. The second-order valence-electron chi connectivity index (χ2n) is 17.8. The monoisotopic (exact) mass is 732 g/mol. The van der Waals surface area contributed by atoms with Gasteiger partial charge in [-0.3, -0.25) is 0 Å². The van der Waals surface area contributed by atoms with Crippen LogP contribution in [0, 0.1) is 0 Å². The summed E-state index contributed by atoms with van der Waals surface area (Å²) in [5, 5.41) is 0.990. The maximum atomic E-state index is 6.92. The summed E-state index contributed by atoms with van der Waals surface area (Å²) < 4.78 is 6.92. The van der Waals surface area contributed by atoms with E-state index in [1.54, 1.807) is 0 Å². The van der Waals surface area contributed by atoms with Crippen LogP contribution in [0.4, 0.5) is 0 Å².